The summed E-state index contributed by atoms with van der Waals surface area (Å²) in [5, 5.41) is 5.72. The molecule has 162 valence electrons. The van der Waals surface area contributed by atoms with E-state index in [9.17, 15) is 14.4 Å². The molecule has 6 heteroatoms. The van der Waals surface area contributed by atoms with Crippen LogP contribution < -0.4 is 15.4 Å². The maximum atomic E-state index is 12.4. The number of hydrogen-bond acceptors (Lipinski definition) is 4. The molecule has 1 saturated carbocycles. The molecule has 1 aliphatic rings. The van der Waals surface area contributed by atoms with Gasteiger partial charge >= 0.3 is 5.97 Å². The molecule has 6 nitrogen and oxygen atoms in total. The molecule has 0 bridgehead atoms. The molecule has 0 aliphatic heterocycles. The van der Waals surface area contributed by atoms with E-state index in [0.29, 0.717) is 29.5 Å². The minimum atomic E-state index is -0.440. The monoisotopic (exact) mass is 420 g/mol. The van der Waals surface area contributed by atoms with Gasteiger partial charge in [0.05, 0.1) is 0 Å². The number of carbonyl (C=O) groups excluding carboxylic acids is 3. The van der Waals surface area contributed by atoms with E-state index in [4.69, 9.17) is 4.74 Å². The van der Waals surface area contributed by atoms with Gasteiger partial charge in [-0.3, -0.25) is 14.4 Å². The molecule has 0 unspecified atom stereocenters. The quantitative estimate of drug-likeness (QED) is 0.389. The number of esters is 1. The van der Waals surface area contributed by atoms with Crippen molar-refractivity contribution < 1.29 is 19.1 Å². The normalized spacial score (nSPS) is 14.2. The number of ether oxygens (including phenoxy) is 1. The number of nitrogens with one attached hydrogen (secondary N) is 2. The molecule has 0 radical (unpaired) electrons. The summed E-state index contributed by atoms with van der Waals surface area (Å²) in [7, 11) is 0. The Morgan fingerprint density at radius 2 is 1.81 bits per heavy atom. The summed E-state index contributed by atoms with van der Waals surface area (Å²) in [6.07, 6.45) is 9.71. The van der Waals surface area contributed by atoms with Gasteiger partial charge in [0.1, 0.15) is 5.75 Å². The molecule has 2 aromatic carbocycles. The average molecular weight is 421 g/mol. The third-order valence-electron chi connectivity index (χ3n) is 5.17. The molecule has 3 rings (SSSR count). The van der Waals surface area contributed by atoms with E-state index in [1.54, 1.807) is 24.3 Å². The molecule has 0 saturated heterocycles. The fourth-order valence-corrected chi connectivity index (χ4v) is 3.64. The van der Waals surface area contributed by atoms with E-state index in [-0.39, 0.29) is 11.8 Å². The number of amides is 2. The van der Waals surface area contributed by atoms with Crippen LogP contribution >= 0.6 is 0 Å². The van der Waals surface area contributed by atoms with Gasteiger partial charge < -0.3 is 15.4 Å². The Morgan fingerprint density at radius 1 is 1.03 bits per heavy atom. The van der Waals surface area contributed by atoms with Crippen LogP contribution in [0.15, 0.2) is 60.7 Å². The van der Waals surface area contributed by atoms with Crippen molar-refractivity contribution >= 4 is 23.5 Å². The van der Waals surface area contributed by atoms with Crippen LogP contribution in [0.3, 0.4) is 0 Å². The van der Waals surface area contributed by atoms with Gasteiger partial charge in [0.15, 0.2) is 0 Å². The van der Waals surface area contributed by atoms with Gasteiger partial charge in [0.2, 0.25) is 5.91 Å². The average Bonchev–Trinajstić information content (AvgIpc) is 2.77. The van der Waals surface area contributed by atoms with Crippen LogP contribution in [0.2, 0.25) is 0 Å². The van der Waals surface area contributed by atoms with Gasteiger partial charge in [0, 0.05) is 24.7 Å². The van der Waals surface area contributed by atoms with Crippen molar-refractivity contribution in [2.75, 3.05) is 5.32 Å². The number of allylic oxidation sites excluding steroid dienone is 1. The Kier molecular flexibility index (Phi) is 7.98. The Hall–Kier alpha value is -3.41. The van der Waals surface area contributed by atoms with E-state index >= 15 is 0 Å². The number of anilines is 1. The molecule has 1 fully saturated rings. The minimum Gasteiger partial charge on any atom is -0.427 e. The van der Waals surface area contributed by atoms with Crippen molar-refractivity contribution in [3.63, 3.8) is 0 Å². The van der Waals surface area contributed by atoms with E-state index < -0.39 is 5.97 Å². The highest BCUT2D eigenvalue weighted by atomic mass is 16.5. The zero-order chi connectivity index (χ0) is 22.1. The van der Waals surface area contributed by atoms with Crippen LogP contribution in [-0.2, 0) is 16.1 Å². The van der Waals surface area contributed by atoms with Gasteiger partial charge in [-0.15, -0.1) is 0 Å². The lowest BCUT2D eigenvalue weighted by Gasteiger charge is -2.17. The first-order valence-electron chi connectivity index (χ1n) is 10.6. The summed E-state index contributed by atoms with van der Waals surface area (Å²) in [5.41, 5.74) is 1.94. The summed E-state index contributed by atoms with van der Waals surface area (Å²) >= 11 is 0. The molecule has 0 aromatic heterocycles. The SMILES string of the molecule is CC(=O)Oc1cccc(C(=O)NCc2cccc(NC(=O)/C=C/C3CCCCC3)c2)c1. The Morgan fingerprint density at radius 3 is 2.58 bits per heavy atom. The van der Waals surface area contributed by atoms with Crippen LogP contribution in [0.1, 0.15) is 54.9 Å². The lowest BCUT2D eigenvalue weighted by atomic mass is 9.89. The van der Waals surface area contributed by atoms with Crippen molar-refractivity contribution in [2.24, 2.45) is 5.92 Å². The fourth-order valence-electron chi connectivity index (χ4n) is 3.64. The predicted molar refractivity (Wildman–Crippen MR) is 120 cm³/mol. The van der Waals surface area contributed by atoms with Gasteiger partial charge in [-0.2, -0.15) is 0 Å². The second kappa shape index (κ2) is 11.1. The van der Waals surface area contributed by atoms with Crippen LogP contribution in [0.25, 0.3) is 0 Å². The third-order valence-corrected chi connectivity index (χ3v) is 5.17. The molecule has 0 atom stereocenters. The number of hydrogen-bond donors (Lipinski definition) is 2. The Bertz CT molecular complexity index is 961. The van der Waals surface area contributed by atoms with Crippen LogP contribution in [0.4, 0.5) is 5.69 Å². The highest BCUT2D eigenvalue weighted by Gasteiger charge is 2.11. The lowest BCUT2D eigenvalue weighted by Crippen LogP contribution is -2.23. The van der Waals surface area contributed by atoms with Crippen LogP contribution in [-0.4, -0.2) is 17.8 Å². The maximum Gasteiger partial charge on any atom is 0.308 e. The molecular weight excluding hydrogens is 392 g/mol. The lowest BCUT2D eigenvalue weighted by molar-refractivity contribution is -0.131. The van der Waals surface area contributed by atoms with Crippen molar-refractivity contribution in [3.8, 4) is 5.75 Å². The molecular formula is C25H28N2O4. The van der Waals surface area contributed by atoms with Crippen molar-refractivity contribution in [3.05, 3.63) is 71.8 Å². The largest absolute Gasteiger partial charge is 0.427 e. The summed E-state index contributed by atoms with van der Waals surface area (Å²) in [4.78, 5) is 35.7. The van der Waals surface area contributed by atoms with E-state index in [1.807, 2.05) is 30.3 Å². The predicted octanol–water partition coefficient (Wildman–Crippen LogP) is 4.62. The molecule has 2 N–H and O–H groups in total. The van der Waals surface area contributed by atoms with Gasteiger partial charge in [-0.05, 0) is 60.7 Å². The van der Waals surface area contributed by atoms with Gasteiger partial charge in [-0.1, -0.05) is 43.5 Å². The second-order valence-corrected chi connectivity index (χ2v) is 7.75. The molecule has 31 heavy (non-hydrogen) atoms. The molecule has 0 spiro atoms. The highest BCUT2D eigenvalue weighted by Crippen LogP contribution is 2.24. The molecule has 2 aromatic rings. The third kappa shape index (κ3) is 7.41. The minimum absolute atomic E-state index is 0.144. The van der Waals surface area contributed by atoms with E-state index in [0.717, 1.165) is 18.4 Å². The topological polar surface area (TPSA) is 84.5 Å². The standard InChI is InChI=1S/C25H28N2O4/c1-18(28)31-23-12-6-10-21(16-23)25(30)26-17-20-9-5-11-22(15-20)27-24(29)14-13-19-7-3-2-4-8-19/h5-6,9-16,19H,2-4,7-8,17H2,1H3,(H,26,30)(H,27,29)/b14-13+. The molecule has 0 heterocycles. The molecule has 2 amide bonds. The summed E-state index contributed by atoms with van der Waals surface area (Å²) in [5.74, 6) is -0.0376. The summed E-state index contributed by atoms with van der Waals surface area (Å²) in [6.45, 7) is 1.61. The smallest absolute Gasteiger partial charge is 0.308 e. The van der Waals surface area contributed by atoms with Gasteiger partial charge in [-0.25, -0.2) is 0 Å². The number of benzene rings is 2. The molecule has 1 aliphatic carbocycles. The highest BCUT2D eigenvalue weighted by molar-refractivity contribution is 5.99. The van der Waals surface area contributed by atoms with Gasteiger partial charge in [0.25, 0.3) is 5.91 Å². The second-order valence-electron chi connectivity index (χ2n) is 7.75. The summed E-state index contributed by atoms with van der Waals surface area (Å²) < 4.78 is 5.01. The summed E-state index contributed by atoms with van der Waals surface area (Å²) in [6, 6.07) is 13.8. The maximum absolute atomic E-state index is 12.4. The van der Waals surface area contributed by atoms with Crippen molar-refractivity contribution in [1.82, 2.24) is 5.32 Å². The number of rotatable bonds is 7. The first-order valence-corrected chi connectivity index (χ1v) is 10.6. The van der Waals surface area contributed by atoms with Crippen molar-refractivity contribution in [1.29, 1.82) is 0 Å². The zero-order valence-electron chi connectivity index (χ0n) is 17.7. The first kappa shape index (κ1) is 22.3. The Balaban J connectivity index is 1.53. The fraction of sp³-hybridized carbons (Fsp3) is 0.320. The zero-order valence-corrected chi connectivity index (χ0v) is 17.7. The van der Waals surface area contributed by atoms with E-state index in [1.165, 1.54) is 32.3 Å². The number of carbonyl (C=O) groups is 3. The Labute approximate surface area is 182 Å². The van der Waals surface area contributed by atoms with Crippen molar-refractivity contribution in [2.45, 2.75) is 45.6 Å². The first-order chi connectivity index (χ1) is 15.0. The van der Waals surface area contributed by atoms with E-state index in [2.05, 4.69) is 10.6 Å². The van der Waals surface area contributed by atoms with Crippen LogP contribution in [0.5, 0.6) is 5.75 Å². The van der Waals surface area contributed by atoms with Crippen LogP contribution in [0, 0.1) is 5.92 Å².